The first-order valence-corrected chi connectivity index (χ1v) is 4.85. The van der Waals surface area contributed by atoms with Gasteiger partial charge in [0.2, 0.25) is 0 Å². The SMILES string of the molecule is CC(=O)c1cc(I)c(C#N)cc1C. The van der Waals surface area contributed by atoms with Gasteiger partial charge in [-0.2, -0.15) is 5.26 Å². The molecule has 66 valence electrons. The molecule has 13 heavy (non-hydrogen) atoms. The standard InChI is InChI=1S/C10H8INO/c1-6-3-8(5-12)10(11)4-9(6)7(2)13/h3-4H,1-2H3. The van der Waals surface area contributed by atoms with Gasteiger partial charge >= 0.3 is 0 Å². The summed E-state index contributed by atoms with van der Waals surface area (Å²) in [5.74, 6) is 0.0416. The van der Waals surface area contributed by atoms with Crippen LogP contribution in [-0.4, -0.2) is 5.78 Å². The molecule has 0 atom stereocenters. The number of nitrogens with zero attached hydrogens (tertiary/aromatic N) is 1. The molecule has 0 aliphatic carbocycles. The highest BCUT2D eigenvalue weighted by molar-refractivity contribution is 14.1. The molecular formula is C10H8INO. The minimum absolute atomic E-state index is 0.0416. The molecule has 0 saturated heterocycles. The average Bonchev–Trinajstić information content (AvgIpc) is 2.07. The Balaban J connectivity index is 3.39. The summed E-state index contributed by atoms with van der Waals surface area (Å²) in [7, 11) is 0. The smallest absolute Gasteiger partial charge is 0.160 e. The Kier molecular flexibility index (Phi) is 3.04. The second kappa shape index (κ2) is 3.88. The number of nitriles is 1. The largest absolute Gasteiger partial charge is 0.295 e. The number of halogens is 1. The van der Waals surface area contributed by atoms with E-state index < -0.39 is 0 Å². The molecule has 1 aromatic rings. The lowest BCUT2D eigenvalue weighted by Crippen LogP contribution is -1.98. The lowest BCUT2D eigenvalue weighted by Gasteiger charge is -2.03. The van der Waals surface area contributed by atoms with Crippen LogP contribution in [0.5, 0.6) is 0 Å². The molecule has 0 aliphatic heterocycles. The third-order valence-electron chi connectivity index (χ3n) is 1.81. The predicted octanol–water partition coefficient (Wildman–Crippen LogP) is 2.67. The maximum Gasteiger partial charge on any atom is 0.160 e. The number of benzene rings is 1. The van der Waals surface area contributed by atoms with Gasteiger partial charge < -0.3 is 0 Å². The van der Waals surface area contributed by atoms with Gasteiger partial charge in [-0.1, -0.05) is 0 Å². The van der Waals surface area contributed by atoms with E-state index in [-0.39, 0.29) is 5.78 Å². The van der Waals surface area contributed by atoms with Gasteiger partial charge in [0.25, 0.3) is 0 Å². The second-order valence-electron chi connectivity index (χ2n) is 2.81. The van der Waals surface area contributed by atoms with Crippen LogP contribution >= 0.6 is 22.6 Å². The number of carbonyl (C=O) groups excluding carboxylic acids is 1. The van der Waals surface area contributed by atoms with Crippen LogP contribution in [0.25, 0.3) is 0 Å². The molecule has 0 unspecified atom stereocenters. The zero-order chi connectivity index (χ0) is 10.0. The van der Waals surface area contributed by atoms with Crippen molar-refractivity contribution in [3.05, 3.63) is 32.4 Å². The number of hydrogen-bond donors (Lipinski definition) is 0. The first-order valence-electron chi connectivity index (χ1n) is 3.77. The first kappa shape index (κ1) is 10.2. The van der Waals surface area contributed by atoms with Crippen LogP contribution in [0.3, 0.4) is 0 Å². The van der Waals surface area contributed by atoms with E-state index in [2.05, 4.69) is 28.7 Å². The molecule has 1 rings (SSSR count). The highest BCUT2D eigenvalue weighted by atomic mass is 127. The molecule has 0 bridgehead atoms. The van der Waals surface area contributed by atoms with Crippen LogP contribution in [0, 0.1) is 21.8 Å². The Morgan fingerprint density at radius 3 is 2.62 bits per heavy atom. The zero-order valence-corrected chi connectivity index (χ0v) is 9.55. The first-order chi connectivity index (χ1) is 6.06. The van der Waals surface area contributed by atoms with Crippen LogP contribution in [0.4, 0.5) is 0 Å². The summed E-state index contributed by atoms with van der Waals surface area (Å²) in [6.45, 7) is 3.37. The molecular weight excluding hydrogens is 277 g/mol. The minimum Gasteiger partial charge on any atom is -0.295 e. The van der Waals surface area contributed by atoms with Crippen molar-refractivity contribution in [1.29, 1.82) is 5.26 Å². The van der Waals surface area contributed by atoms with Crippen LogP contribution in [0.2, 0.25) is 0 Å². The van der Waals surface area contributed by atoms with E-state index in [4.69, 9.17) is 5.26 Å². The molecule has 3 heteroatoms. The van der Waals surface area contributed by atoms with Gasteiger partial charge in [-0.25, -0.2) is 0 Å². The molecule has 0 saturated carbocycles. The van der Waals surface area contributed by atoms with Gasteiger partial charge in [0.05, 0.1) is 5.56 Å². The van der Waals surface area contributed by atoms with E-state index in [1.807, 2.05) is 6.92 Å². The number of Topliss-reactive ketones (excluding diaryl/α,β-unsaturated/α-hetero) is 1. The van der Waals surface area contributed by atoms with E-state index >= 15 is 0 Å². The summed E-state index contributed by atoms with van der Waals surface area (Å²) in [4.78, 5) is 11.1. The van der Waals surface area contributed by atoms with Crippen molar-refractivity contribution in [2.75, 3.05) is 0 Å². The second-order valence-corrected chi connectivity index (χ2v) is 3.98. The quantitative estimate of drug-likeness (QED) is 0.588. The lowest BCUT2D eigenvalue weighted by atomic mass is 10.0. The van der Waals surface area contributed by atoms with Gasteiger partial charge in [0.1, 0.15) is 6.07 Å². The predicted molar refractivity (Wildman–Crippen MR) is 58.6 cm³/mol. The summed E-state index contributed by atoms with van der Waals surface area (Å²) < 4.78 is 0.830. The van der Waals surface area contributed by atoms with Gasteiger partial charge in [-0.3, -0.25) is 4.79 Å². The van der Waals surface area contributed by atoms with Gasteiger partial charge in [0.15, 0.2) is 5.78 Å². The van der Waals surface area contributed by atoms with Gasteiger partial charge in [-0.05, 0) is 54.1 Å². The van der Waals surface area contributed by atoms with E-state index in [1.54, 1.807) is 12.1 Å². The van der Waals surface area contributed by atoms with Crippen molar-refractivity contribution >= 4 is 28.4 Å². The van der Waals surface area contributed by atoms with Crippen molar-refractivity contribution in [2.45, 2.75) is 13.8 Å². The van der Waals surface area contributed by atoms with Crippen molar-refractivity contribution < 1.29 is 4.79 Å². The Morgan fingerprint density at radius 1 is 1.54 bits per heavy atom. The molecule has 0 aromatic heterocycles. The third kappa shape index (κ3) is 2.07. The summed E-state index contributed by atoms with van der Waals surface area (Å²) in [6, 6.07) is 5.59. The van der Waals surface area contributed by atoms with E-state index in [1.165, 1.54) is 6.92 Å². The fraction of sp³-hybridized carbons (Fsp3) is 0.200. The third-order valence-corrected chi connectivity index (χ3v) is 2.71. The summed E-state index contributed by atoms with van der Waals surface area (Å²) in [5, 5.41) is 8.73. The van der Waals surface area contributed by atoms with Crippen LogP contribution < -0.4 is 0 Å². The highest BCUT2D eigenvalue weighted by Gasteiger charge is 2.07. The lowest BCUT2D eigenvalue weighted by molar-refractivity contribution is 0.101. The molecule has 0 spiro atoms. The normalized spacial score (nSPS) is 9.38. The Hall–Kier alpha value is -0.890. The van der Waals surface area contributed by atoms with Crippen LogP contribution in [0.1, 0.15) is 28.4 Å². The van der Waals surface area contributed by atoms with E-state index in [9.17, 15) is 4.79 Å². The fourth-order valence-corrected chi connectivity index (χ4v) is 1.73. The van der Waals surface area contributed by atoms with Gasteiger partial charge in [-0.15, -0.1) is 0 Å². The molecule has 0 heterocycles. The summed E-state index contributed by atoms with van der Waals surface area (Å²) in [6.07, 6.45) is 0. The summed E-state index contributed by atoms with van der Waals surface area (Å²) >= 11 is 2.06. The summed E-state index contributed by atoms with van der Waals surface area (Å²) in [5.41, 5.74) is 2.19. The highest BCUT2D eigenvalue weighted by Crippen LogP contribution is 2.18. The van der Waals surface area contributed by atoms with E-state index in [0.717, 1.165) is 9.13 Å². The monoisotopic (exact) mass is 285 g/mol. The molecule has 0 fully saturated rings. The number of carbonyl (C=O) groups is 1. The van der Waals surface area contributed by atoms with Crippen molar-refractivity contribution in [1.82, 2.24) is 0 Å². The molecule has 0 aliphatic rings. The van der Waals surface area contributed by atoms with Crippen LogP contribution in [-0.2, 0) is 0 Å². The molecule has 1 aromatic carbocycles. The number of aryl methyl sites for hydroxylation is 1. The number of rotatable bonds is 1. The molecule has 0 amide bonds. The van der Waals surface area contributed by atoms with Crippen molar-refractivity contribution in [2.24, 2.45) is 0 Å². The van der Waals surface area contributed by atoms with Gasteiger partial charge in [0, 0.05) is 9.13 Å². The number of ketones is 1. The maximum absolute atomic E-state index is 11.1. The minimum atomic E-state index is 0.0416. The Morgan fingerprint density at radius 2 is 2.15 bits per heavy atom. The van der Waals surface area contributed by atoms with E-state index in [0.29, 0.717) is 11.1 Å². The topological polar surface area (TPSA) is 40.9 Å². The number of hydrogen-bond acceptors (Lipinski definition) is 2. The Bertz CT molecular complexity index is 404. The maximum atomic E-state index is 11.1. The molecule has 2 nitrogen and oxygen atoms in total. The molecule has 0 radical (unpaired) electrons. The Labute approximate surface area is 90.7 Å². The van der Waals surface area contributed by atoms with Crippen LogP contribution in [0.15, 0.2) is 12.1 Å². The van der Waals surface area contributed by atoms with Crippen molar-refractivity contribution in [3.63, 3.8) is 0 Å². The fourth-order valence-electron chi connectivity index (χ4n) is 1.15. The molecule has 0 N–H and O–H groups in total. The van der Waals surface area contributed by atoms with Crippen molar-refractivity contribution in [3.8, 4) is 6.07 Å². The average molecular weight is 285 g/mol. The zero-order valence-electron chi connectivity index (χ0n) is 7.39.